The Labute approximate surface area is 245 Å². The van der Waals surface area contributed by atoms with Gasteiger partial charge < -0.3 is 5.32 Å². The summed E-state index contributed by atoms with van der Waals surface area (Å²) >= 11 is 5.57. The van der Waals surface area contributed by atoms with Crippen molar-refractivity contribution in [2.75, 3.05) is 10.2 Å². The molecule has 40 heavy (non-hydrogen) atoms. The summed E-state index contributed by atoms with van der Waals surface area (Å²) in [5.41, 5.74) is 2.73. The van der Waals surface area contributed by atoms with Crippen LogP contribution in [-0.2, 0) is 20.9 Å². The summed E-state index contributed by atoms with van der Waals surface area (Å²) in [7, 11) is 0. The molecule has 0 spiro atoms. The molecule has 202 valence electrons. The van der Waals surface area contributed by atoms with Crippen molar-refractivity contribution in [1.82, 2.24) is 4.57 Å². The fourth-order valence-electron chi connectivity index (χ4n) is 5.11. The van der Waals surface area contributed by atoms with Crippen molar-refractivity contribution < 1.29 is 18.8 Å². The zero-order valence-electron chi connectivity index (χ0n) is 21.0. The largest absolute Gasteiger partial charge is 0.325 e. The molecule has 6 rings (SSSR count). The van der Waals surface area contributed by atoms with E-state index in [0.29, 0.717) is 21.3 Å². The molecule has 7 nitrogen and oxygen atoms in total. The summed E-state index contributed by atoms with van der Waals surface area (Å²) in [6, 6.07) is 20.0. The van der Waals surface area contributed by atoms with Gasteiger partial charge in [-0.2, -0.15) is 0 Å². The van der Waals surface area contributed by atoms with E-state index in [1.807, 2.05) is 43.3 Å². The Balaban J connectivity index is 1.40. The monoisotopic (exact) mass is 637 g/mol. The maximum Gasteiger partial charge on any atom is 0.308 e. The number of benzene rings is 3. The van der Waals surface area contributed by atoms with Gasteiger partial charge in [-0.3, -0.25) is 23.7 Å². The van der Waals surface area contributed by atoms with Gasteiger partial charge >= 0.3 is 4.87 Å². The van der Waals surface area contributed by atoms with E-state index in [-0.39, 0.29) is 17.3 Å². The van der Waals surface area contributed by atoms with E-state index in [0.717, 1.165) is 43.6 Å². The number of nitrogens with one attached hydrogen (secondary N) is 1. The van der Waals surface area contributed by atoms with Gasteiger partial charge in [0.2, 0.25) is 17.7 Å². The Morgan fingerprint density at radius 3 is 2.30 bits per heavy atom. The number of amides is 3. The summed E-state index contributed by atoms with van der Waals surface area (Å²) in [6.45, 7) is 1.71. The van der Waals surface area contributed by atoms with Crippen molar-refractivity contribution in [1.29, 1.82) is 0 Å². The minimum Gasteiger partial charge on any atom is -0.325 e. The Kier molecular flexibility index (Phi) is 6.97. The molecule has 3 aromatic carbocycles. The highest BCUT2D eigenvalue weighted by Gasteiger charge is 2.56. The Bertz CT molecular complexity index is 1700. The quantitative estimate of drug-likeness (QED) is 0.290. The van der Waals surface area contributed by atoms with E-state index in [1.54, 1.807) is 12.1 Å². The number of hydrogen-bond acceptors (Lipinski definition) is 6. The van der Waals surface area contributed by atoms with Gasteiger partial charge in [-0.15, -0.1) is 0 Å². The first-order valence-corrected chi connectivity index (χ1v) is 14.9. The molecule has 4 aromatic rings. The molecule has 1 fully saturated rings. The molecule has 1 aromatic heterocycles. The van der Waals surface area contributed by atoms with Crippen molar-refractivity contribution in [3.05, 3.63) is 109 Å². The normalized spacial score (nSPS) is 19.9. The number of rotatable bonds is 5. The number of imide groups is 1. The van der Waals surface area contributed by atoms with E-state index >= 15 is 0 Å². The van der Waals surface area contributed by atoms with Crippen LogP contribution in [-0.4, -0.2) is 27.5 Å². The maximum atomic E-state index is 13.8. The molecule has 0 unspecified atom stereocenters. The van der Waals surface area contributed by atoms with Gasteiger partial charge in [0.25, 0.3) is 0 Å². The molecule has 3 atom stereocenters. The number of carbonyl (C=O) groups is 3. The lowest BCUT2D eigenvalue weighted by molar-refractivity contribution is -0.122. The predicted octanol–water partition coefficient (Wildman–Crippen LogP) is 5.55. The standard InChI is InChI=1S/C29H21BrFN3O4S2/c1-15-2-10-19(11-3-15)32-21(35)14-33-28-25(40-29(33)38)22(16-4-6-17(30)7-5-16)23-24(39-28)27(37)34(26(23)36)20-12-8-18(31)9-13-20/h2-13,22-24H,14H2,1H3,(H,32,35)/t22-,23-,24+/m0/s1. The van der Waals surface area contributed by atoms with Gasteiger partial charge in [0, 0.05) is 21.0 Å². The predicted molar refractivity (Wildman–Crippen MR) is 156 cm³/mol. The maximum absolute atomic E-state index is 13.8. The number of aryl methyl sites for hydroxylation is 1. The number of hydrogen-bond donors (Lipinski definition) is 1. The molecular formula is C29H21BrFN3O4S2. The Morgan fingerprint density at radius 1 is 0.950 bits per heavy atom. The molecule has 1 N–H and O–H groups in total. The summed E-state index contributed by atoms with van der Waals surface area (Å²) < 4.78 is 15.8. The second-order valence-corrected chi connectivity index (χ2v) is 12.7. The average Bonchev–Trinajstić information content (AvgIpc) is 3.37. The minimum atomic E-state index is -0.820. The van der Waals surface area contributed by atoms with Crippen LogP contribution in [0, 0.1) is 18.7 Å². The second-order valence-electron chi connectivity index (χ2n) is 9.62. The third-order valence-corrected chi connectivity index (χ3v) is 10.1. The van der Waals surface area contributed by atoms with Crippen LogP contribution in [0.5, 0.6) is 0 Å². The van der Waals surface area contributed by atoms with Crippen molar-refractivity contribution in [3.8, 4) is 0 Å². The molecule has 11 heteroatoms. The van der Waals surface area contributed by atoms with Crippen molar-refractivity contribution in [2.24, 2.45) is 5.92 Å². The number of aromatic nitrogens is 1. The van der Waals surface area contributed by atoms with Crippen LogP contribution < -0.4 is 15.1 Å². The number of carbonyl (C=O) groups excluding carboxylic acids is 3. The van der Waals surface area contributed by atoms with Gasteiger partial charge in [0.1, 0.15) is 17.6 Å². The average molecular weight is 639 g/mol. The highest BCUT2D eigenvalue weighted by molar-refractivity contribution is 9.10. The van der Waals surface area contributed by atoms with Crippen molar-refractivity contribution in [3.63, 3.8) is 0 Å². The van der Waals surface area contributed by atoms with Gasteiger partial charge in [-0.25, -0.2) is 9.29 Å². The number of anilines is 2. The highest BCUT2D eigenvalue weighted by atomic mass is 79.9. The molecule has 1 saturated heterocycles. The minimum absolute atomic E-state index is 0.236. The molecule has 2 aliphatic rings. The van der Waals surface area contributed by atoms with Crippen molar-refractivity contribution >= 4 is 68.1 Å². The molecule has 0 bridgehead atoms. The van der Waals surface area contributed by atoms with Crippen LogP contribution in [0.15, 0.2) is 87.1 Å². The third-order valence-electron chi connectivity index (χ3n) is 7.00. The topological polar surface area (TPSA) is 88.5 Å². The zero-order chi connectivity index (χ0) is 28.1. The number of fused-ring (bicyclic) bond motifs is 2. The molecule has 0 saturated carbocycles. The number of halogens is 2. The Hall–Kier alpha value is -3.54. The van der Waals surface area contributed by atoms with Crippen LogP contribution >= 0.6 is 39.0 Å². The van der Waals surface area contributed by atoms with Crippen molar-refractivity contribution in [2.45, 2.75) is 29.7 Å². The third kappa shape index (κ3) is 4.71. The lowest BCUT2D eigenvalue weighted by Gasteiger charge is -2.30. The summed E-state index contributed by atoms with van der Waals surface area (Å²) in [5.74, 6) is -3.04. The van der Waals surface area contributed by atoms with E-state index in [9.17, 15) is 23.6 Å². The van der Waals surface area contributed by atoms with E-state index in [2.05, 4.69) is 21.2 Å². The smallest absolute Gasteiger partial charge is 0.308 e. The molecule has 0 aliphatic carbocycles. The second kappa shape index (κ2) is 10.5. The van der Waals surface area contributed by atoms with E-state index in [4.69, 9.17) is 0 Å². The van der Waals surface area contributed by atoms with Gasteiger partial charge in [0.15, 0.2) is 0 Å². The molecule has 3 amide bonds. The zero-order valence-corrected chi connectivity index (χ0v) is 24.2. The highest BCUT2D eigenvalue weighted by Crippen LogP contribution is 2.53. The van der Waals surface area contributed by atoms with Crippen LogP contribution in [0.2, 0.25) is 0 Å². The van der Waals surface area contributed by atoms with Crippen LogP contribution in [0.25, 0.3) is 0 Å². The molecule has 2 aliphatic heterocycles. The summed E-state index contributed by atoms with van der Waals surface area (Å²) in [6.07, 6.45) is 0. The van der Waals surface area contributed by atoms with Gasteiger partial charge in [-0.05, 0) is 61.0 Å². The van der Waals surface area contributed by atoms with Crippen LogP contribution in [0.4, 0.5) is 15.8 Å². The van der Waals surface area contributed by atoms with E-state index < -0.39 is 34.7 Å². The first kappa shape index (κ1) is 26.7. The lowest BCUT2D eigenvalue weighted by Crippen LogP contribution is -2.33. The SMILES string of the molecule is Cc1ccc(NC(=O)Cn2c3c(sc2=O)[C@@H](c2ccc(Br)cc2)[C@@H]2C(=O)N(c4ccc(F)cc4)C(=O)[C@@H]2S3)cc1. The first-order chi connectivity index (χ1) is 19.2. The molecule has 3 heterocycles. The Morgan fingerprint density at radius 2 is 1.62 bits per heavy atom. The number of thioether (sulfide) groups is 1. The number of nitrogens with zero attached hydrogens (tertiary/aromatic N) is 2. The van der Waals surface area contributed by atoms with Gasteiger partial charge in [-0.1, -0.05) is 68.9 Å². The fraction of sp³-hybridized carbons (Fsp3) is 0.172. The molecular weight excluding hydrogens is 617 g/mol. The summed E-state index contributed by atoms with van der Waals surface area (Å²) in [5, 5.41) is 2.50. The number of thiazole rings is 1. The van der Waals surface area contributed by atoms with E-state index in [1.165, 1.54) is 28.8 Å². The van der Waals surface area contributed by atoms with Gasteiger partial charge in [0.05, 0.1) is 16.6 Å². The lowest BCUT2D eigenvalue weighted by atomic mass is 9.83. The van der Waals surface area contributed by atoms with Crippen LogP contribution in [0.3, 0.4) is 0 Å². The first-order valence-electron chi connectivity index (χ1n) is 12.4. The van der Waals surface area contributed by atoms with Crippen LogP contribution in [0.1, 0.15) is 21.9 Å². The molecule has 0 radical (unpaired) electrons. The fourth-order valence-corrected chi connectivity index (χ4v) is 8.15. The summed E-state index contributed by atoms with van der Waals surface area (Å²) in [4.78, 5) is 55.1.